The highest BCUT2D eigenvalue weighted by atomic mass is 35.5. The maximum Gasteiger partial charge on any atom is 0.119 e. The number of rotatable bonds is 4. The van der Waals surface area contributed by atoms with Gasteiger partial charge in [0.2, 0.25) is 0 Å². The topological polar surface area (TPSA) is 35.2 Å². The molecule has 0 amide bonds. The SMILES string of the molecule is CC(Oc1ccc(Cl)cc1)C(N)c1ccccc1. The number of ether oxygens (including phenoxy) is 1. The second-order valence-corrected chi connectivity index (χ2v) is 4.65. The Morgan fingerprint density at radius 3 is 2.22 bits per heavy atom. The summed E-state index contributed by atoms with van der Waals surface area (Å²) in [4.78, 5) is 0. The van der Waals surface area contributed by atoms with E-state index < -0.39 is 0 Å². The molecule has 3 heteroatoms. The van der Waals surface area contributed by atoms with E-state index in [0.717, 1.165) is 11.3 Å². The third-order valence-corrected chi connectivity index (χ3v) is 3.08. The van der Waals surface area contributed by atoms with Crippen molar-refractivity contribution in [3.8, 4) is 5.75 Å². The average molecular weight is 262 g/mol. The molecule has 2 rings (SSSR count). The molecule has 0 aliphatic rings. The van der Waals surface area contributed by atoms with Crippen LogP contribution in [0.2, 0.25) is 5.02 Å². The Bertz CT molecular complexity index is 484. The average Bonchev–Trinajstić information content (AvgIpc) is 2.41. The minimum absolute atomic E-state index is 0.103. The minimum atomic E-state index is -0.151. The van der Waals surface area contributed by atoms with E-state index in [1.165, 1.54) is 0 Å². The molecule has 2 aromatic rings. The fourth-order valence-electron chi connectivity index (χ4n) is 1.75. The van der Waals surface area contributed by atoms with Gasteiger partial charge < -0.3 is 10.5 Å². The van der Waals surface area contributed by atoms with Crippen LogP contribution in [0.4, 0.5) is 0 Å². The zero-order valence-electron chi connectivity index (χ0n) is 10.2. The molecular weight excluding hydrogens is 246 g/mol. The highest BCUT2D eigenvalue weighted by Gasteiger charge is 2.16. The largest absolute Gasteiger partial charge is 0.489 e. The van der Waals surface area contributed by atoms with Crippen molar-refractivity contribution in [1.29, 1.82) is 0 Å². The van der Waals surface area contributed by atoms with Crippen LogP contribution in [-0.2, 0) is 0 Å². The van der Waals surface area contributed by atoms with E-state index in [2.05, 4.69) is 0 Å². The first-order chi connectivity index (χ1) is 8.66. The second-order valence-electron chi connectivity index (χ2n) is 4.21. The van der Waals surface area contributed by atoms with Crippen molar-refractivity contribution in [2.75, 3.05) is 0 Å². The van der Waals surface area contributed by atoms with Crippen LogP contribution in [0.1, 0.15) is 18.5 Å². The van der Waals surface area contributed by atoms with Gasteiger partial charge in [-0.1, -0.05) is 41.9 Å². The molecule has 18 heavy (non-hydrogen) atoms. The molecule has 2 atom stereocenters. The van der Waals surface area contributed by atoms with E-state index in [0.29, 0.717) is 5.02 Å². The van der Waals surface area contributed by atoms with Gasteiger partial charge in [-0.3, -0.25) is 0 Å². The Morgan fingerprint density at radius 2 is 1.61 bits per heavy atom. The van der Waals surface area contributed by atoms with Crippen molar-refractivity contribution >= 4 is 11.6 Å². The van der Waals surface area contributed by atoms with Gasteiger partial charge in [-0.2, -0.15) is 0 Å². The monoisotopic (exact) mass is 261 g/mol. The summed E-state index contributed by atoms with van der Waals surface area (Å²) in [5, 5.41) is 0.697. The van der Waals surface area contributed by atoms with Crippen LogP contribution in [0, 0.1) is 0 Å². The molecule has 0 saturated heterocycles. The first kappa shape index (κ1) is 12.9. The number of benzene rings is 2. The maximum atomic E-state index is 6.17. The van der Waals surface area contributed by atoms with E-state index in [4.69, 9.17) is 22.1 Å². The van der Waals surface area contributed by atoms with Crippen molar-refractivity contribution in [2.45, 2.75) is 19.1 Å². The molecule has 2 nitrogen and oxygen atoms in total. The van der Waals surface area contributed by atoms with E-state index >= 15 is 0 Å². The Hall–Kier alpha value is -1.51. The lowest BCUT2D eigenvalue weighted by molar-refractivity contribution is 0.190. The van der Waals surface area contributed by atoms with E-state index in [1.54, 1.807) is 12.1 Å². The normalized spacial score (nSPS) is 13.9. The minimum Gasteiger partial charge on any atom is -0.489 e. The molecular formula is C15H16ClNO. The lowest BCUT2D eigenvalue weighted by atomic mass is 10.0. The standard InChI is InChI=1S/C15H16ClNO/c1-11(15(17)12-5-3-2-4-6-12)18-14-9-7-13(16)8-10-14/h2-11,15H,17H2,1H3. The number of hydrogen-bond donors (Lipinski definition) is 1. The summed E-state index contributed by atoms with van der Waals surface area (Å²) in [6, 6.07) is 17.1. The zero-order chi connectivity index (χ0) is 13.0. The number of nitrogens with two attached hydrogens (primary N) is 1. The maximum absolute atomic E-state index is 6.17. The van der Waals surface area contributed by atoms with Gasteiger partial charge in [-0.05, 0) is 36.8 Å². The third-order valence-electron chi connectivity index (χ3n) is 2.83. The molecule has 0 saturated carbocycles. The van der Waals surface area contributed by atoms with Gasteiger partial charge in [0.15, 0.2) is 0 Å². The molecule has 2 N–H and O–H groups in total. The van der Waals surface area contributed by atoms with Crippen LogP contribution in [0.25, 0.3) is 0 Å². The smallest absolute Gasteiger partial charge is 0.119 e. The van der Waals surface area contributed by atoms with Crippen LogP contribution in [0.15, 0.2) is 54.6 Å². The van der Waals surface area contributed by atoms with E-state index in [-0.39, 0.29) is 12.1 Å². The van der Waals surface area contributed by atoms with Crippen LogP contribution < -0.4 is 10.5 Å². The molecule has 0 aliphatic carbocycles. The third kappa shape index (κ3) is 3.25. The summed E-state index contributed by atoms with van der Waals surface area (Å²) in [6.07, 6.45) is -0.103. The first-order valence-electron chi connectivity index (χ1n) is 5.89. The predicted molar refractivity (Wildman–Crippen MR) is 74.9 cm³/mol. The van der Waals surface area contributed by atoms with Gasteiger partial charge in [0.25, 0.3) is 0 Å². The number of halogens is 1. The Morgan fingerprint density at radius 1 is 1.00 bits per heavy atom. The quantitative estimate of drug-likeness (QED) is 0.908. The van der Waals surface area contributed by atoms with Gasteiger partial charge >= 0.3 is 0 Å². The molecule has 2 unspecified atom stereocenters. The van der Waals surface area contributed by atoms with Gasteiger partial charge in [-0.15, -0.1) is 0 Å². The van der Waals surface area contributed by atoms with Crippen molar-refractivity contribution in [3.05, 3.63) is 65.2 Å². The molecule has 94 valence electrons. The lowest BCUT2D eigenvalue weighted by Crippen LogP contribution is -2.28. The molecule has 0 spiro atoms. The van der Waals surface area contributed by atoms with Crippen molar-refractivity contribution in [2.24, 2.45) is 5.73 Å². The summed E-state index contributed by atoms with van der Waals surface area (Å²) in [6.45, 7) is 1.96. The van der Waals surface area contributed by atoms with Crippen LogP contribution >= 0.6 is 11.6 Å². The molecule has 0 fully saturated rings. The summed E-state index contributed by atoms with van der Waals surface area (Å²) in [7, 11) is 0. The Labute approximate surface area is 112 Å². The van der Waals surface area contributed by atoms with Crippen LogP contribution in [0.5, 0.6) is 5.75 Å². The van der Waals surface area contributed by atoms with E-state index in [1.807, 2.05) is 49.4 Å². The fourth-order valence-corrected chi connectivity index (χ4v) is 1.87. The van der Waals surface area contributed by atoms with Crippen molar-refractivity contribution in [1.82, 2.24) is 0 Å². The van der Waals surface area contributed by atoms with Gasteiger partial charge in [0, 0.05) is 5.02 Å². The molecule has 0 heterocycles. The Balaban J connectivity index is 2.03. The molecule has 0 aromatic heterocycles. The lowest BCUT2D eigenvalue weighted by Gasteiger charge is -2.21. The summed E-state index contributed by atoms with van der Waals surface area (Å²) >= 11 is 5.83. The van der Waals surface area contributed by atoms with E-state index in [9.17, 15) is 0 Å². The van der Waals surface area contributed by atoms with Gasteiger partial charge in [0.1, 0.15) is 11.9 Å². The highest BCUT2D eigenvalue weighted by molar-refractivity contribution is 6.30. The van der Waals surface area contributed by atoms with Crippen molar-refractivity contribution in [3.63, 3.8) is 0 Å². The first-order valence-corrected chi connectivity index (χ1v) is 6.27. The predicted octanol–water partition coefficient (Wildman–Crippen LogP) is 3.81. The van der Waals surface area contributed by atoms with Crippen LogP contribution in [-0.4, -0.2) is 6.10 Å². The molecule has 0 aliphatic heterocycles. The Kier molecular flexibility index (Phi) is 4.24. The van der Waals surface area contributed by atoms with Gasteiger partial charge in [0.05, 0.1) is 6.04 Å². The second kappa shape index (κ2) is 5.89. The summed E-state index contributed by atoms with van der Waals surface area (Å²) in [5.41, 5.74) is 7.23. The molecule has 0 bridgehead atoms. The number of hydrogen-bond acceptors (Lipinski definition) is 2. The zero-order valence-corrected chi connectivity index (χ0v) is 11.0. The fraction of sp³-hybridized carbons (Fsp3) is 0.200. The molecule has 0 radical (unpaired) electrons. The summed E-state index contributed by atoms with van der Waals surface area (Å²) in [5.74, 6) is 0.776. The van der Waals surface area contributed by atoms with Crippen LogP contribution in [0.3, 0.4) is 0 Å². The molecule has 2 aromatic carbocycles. The van der Waals surface area contributed by atoms with Gasteiger partial charge in [-0.25, -0.2) is 0 Å². The summed E-state index contributed by atoms with van der Waals surface area (Å²) < 4.78 is 5.80. The van der Waals surface area contributed by atoms with Crippen molar-refractivity contribution < 1.29 is 4.74 Å². The highest BCUT2D eigenvalue weighted by Crippen LogP contribution is 2.21.